The van der Waals surface area contributed by atoms with E-state index >= 15 is 0 Å². The van der Waals surface area contributed by atoms with E-state index in [2.05, 4.69) is 63.2 Å². The molecule has 0 N–H and O–H groups in total. The number of anilines is 6. The summed E-state index contributed by atoms with van der Waals surface area (Å²) in [5.74, 6) is -0.616. The summed E-state index contributed by atoms with van der Waals surface area (Å²) < 4.78 is 0. The normalized spacial score (nSPS) is 12.6. The van der Waals surface area contributed by atoms with Crippen molar-refractivity contribution in [3.05, 3.63) is 120 Å². The van der Waals surface area contributed by atoms with Crippen LogP contribution in [0.25, 0.3) is 10.8 Å². The first-order valence-electron chi connectivity index (χ1n) is 13.2. The maximum Gasteiger partial charge on any atom is 0.265 e. The Kier molecular flexibility index (Phi) is 6.23. The molecule has 1 aliphatic rings. The van der Waals surface area contributed by atoms with E-state index < -0.39 is 0 Å². The molecule has 0 aliphatic carbocycles. The highest BCUT2D eigenvalue weighted by molar-refractivity contribution is 6.35. The van der Waals surface area contributed by atoms with Crippen molar-refractivity contribution in [2.24, 2.45) is 0 Å². The Morgan fingerprint density at radius 2 is 0.850 bits per heavy atom. The summed E-state index contributed by atoms with van der Waals surface area (Å²) >= 11 is 0. The smallest absolute Gasteiger partial charge is 0.265 e. The lowest BCUT2D eigenvalue weighted by molar-refractivity contribution is 0.0893. The largest absolute Gasteiger partial charge is 0.378 e. The van der Waals surface area contributed by atoms with Gasteiger partial charge in [0, 0.05) is 73.1 Å². The van der Waals surface area contributed by atoms with Crippen LogP contribution in [0.3, 0.4) is 0 Å². The lowest BCUT2D eigenvalue weighted by Crippen LogP contribution is -2.40. The summed E-state index contributed by atoms with van der Waals surface area (Å²) in [7, 11) is 8.09. The zero-order valence-corrected chi connectivity index (χ0v) is 23.0. The highest BCUT2D eigenvalue weighted by Gasteiger charge is 2.33. The third-order valence-corrected chi connectivity index (χ3v) is 7.39. The number of nitrogens with zero attached hydrogens (tertiary/aromatic N) is 4. The number of hydrogen-bond acceptors (Lipinski definition) is 5. The molecule has 0 bridgehead atoms. The molecule has 40 heavy (non-hydrogen) atoms. The van der Waals surface area contributed by atoms with E-state index in [4.69, 9.17) is 0 Å². The zero-order valence-electron chi connectivity index (χ0n) is 23.0. The molecule has 0 unspecified atom stereocenters. The van der Waals surface area contributed by atoms with Crippen molar-refractivity contribution in [2.75, 3.05) is 47.8 Å². The van der Waals surface area contributed by atoms with Crippen molar-refractivity contribution >= 4 is 56.7 Å². The van der Waals surface area contributed by atoms with Crippen molar-refractivity contribution in [3.63, 3.8) is 0 Å². The van der Waals surface area contributed by atoms with Gasteiger partial charge in [0.2, 0.25) is 0 Å². The highest BCUT2D eigenvalue weighted by Crippen LogP contribution is 2.38. The average molecular weight is 527 g/mol. The number of amides is 2. The first-order chi connectivity index (χ1) is 19.3. The number of rotatable bonds is 6. The summed E-state index contributed by atoms with van der Waals surface area (Å²) in [6, 6.07) is 35.5. The van der Waals surface area contributed by atoms with Crippen molar-refractivity contribution in [2.45, 2.75) is 0 Å². The Bertz CT molecular complexity index is 1620. The second-order valence-corrected chi connectivity index (χ2v) is 10.3. The van der Waals surface area contributed by atoms with E-state index in [1.807, 2.05) is 76.7 Å². The Morgan fingerprint density at radius 1 is 0.475 bits per heavy atom. The Labute approximate surface area is 234 Å². The van der Waals surface area contributed by atoms with E-state index in [1.54, 1.807) is 12.1 Å². The van der Waals surface area contributed by atoms with Gasteiger partial charge in [-0.1, -0.05) is 24.3 Å². The number of hydrogen-bond donors (Lipinski definition) is 0. The molecule has 1 aliphatic heterocycles. The predicted molar refractivity (Wildman–Crippen MR) is 165 cm³/mol. The first-order valence-corrected chi connectivity index (χ1v) is 13.2. The summed E-state index contributed by atoms with van der Waals surface area (Å²) in [5.41, 5.74) is 6.76. The Morgan fingerprint density at radius 3 is 1.25 bits per heavy atom. The molecule has 2 amide bonds. The third-order valence-electron chi connectivity index (χ3n) is 7.39. The predicted octanol–water partition coefficient (Wildman–Crippen LogP) is 7.24. The minimum atomic E-state index is -0.308. The lowest BCUT2D eigenvalue weighted by Gasteiger charge is -2.29. The fourth-order valence-corrected chi connectivity index (χ4v) is 5.26. The monoisotopic (exact) mass is 526 g/mol. The molecule has 0 radical (unpaired) electrons. The summed E-state index contributed by atoms with van der Waals surface area (Å²) in [4.78, 5) is 34.7. The van der Waals surface area contributed by atoms with Crippen LogP contribution in [0.4, 0.5) is 34.1 Å². The maximum atomic E-state index is 13.5. The molecule has 5 aromatic rings. The molecule has 0 fully saturated rings. The fourth-order valence-electron chi connectivity index (χ4n) is 5.26. The zero-order chi connectivity index (χ0) is 28.0. The van der Waals surface area contributed by atoms with Crippen molar-refractivity contribution < 1.29 is 9.59 Å². The fraction of sp³-hybridized carbons (Fsp3) is 0.118. The molecule has 1 heterocycles. The summed E-state index contributed by atoms with van der Waals surface area (Å²) in [6.07, 6.45) is 0. The molecule has 0 saturated heterocycles. The van der Waals surface area contributed by atoms with Gasteiger partial charge >= 0.3 is 0 Å². The van der Waals surface area contributed by atoms with E-state index in [0.717, 1.165) is 39.2 Å². The van der Waals surface area contributed by atoms with Gasteiger partial charge in [-0.3, -0.25) is 9.59 Å². The number of benzene rings is 5. The van der Waals surface area contributed by atoms with Crippen molar-refractivity contribution in [1.82, 2.24) is 0 Å². The van der Waals surface area contributed by atoms with Crippen molar-refractivity contribution in [3.8, 4) is 0 Å². The topological polar surface area (TPSA) is 47.1 Å². The van der Waals surface area contributed by atoms with Crippen LogP contribution in [-0.2, 0) is 0 Å². The molecule has 6 nitrogen and oxygen atoms in total. The van der Waals surface area contributed by atoms with Gasteiger partial charge in [-0.15, -0.1) is 0 Å². The van der Waals surface area contributed by atoms with Gasteiger partial charge in [0.1, 0.15) is 0 Å². The number of carbonyl (C=O) groups is 2. The van der Waals surface area contributed by atoms with Gasteiger partial charge < -0.3 is 14.7 Å². The van der Waals surface area contributed by atoms with Gasteiger partial charge in [-0.05, 0) is 90.3 Å². The minimum absolute atomic E-state index is 0.308. The molecular formula is C34H30N4O2. The van der Waals surface area contributed by atoms with E-state index in [1.165, 1.54) is 4.90 Å². The van der Waals surface area contributed by atoms with Crippen LogP contribution < -0.4 is 19.6 Å². The lowest BCUT2D eigenvalue weighted by atomic mass is 9.94. The Hall–Kier alpha value is -5.10. The molecule has 6 rings (SSSR count). The molecule has 0 saturated carbocycles. The van der Waals surface area contributed by atoms with Gasteiger partial charge in [0.15, 0.2) is 0 Å². The molecule has 5 aromatic carbocycles. The van der Waals surface area contributed by atoms with E-state index in [0.29, 0.717) is 16.8 Å². The molecule has 6 heteroatoms. The van der Waals surface area contributed by atoms with Gasteiger partial charge in [-0.25, -0.2) is 4.90 Å². The van der Waals surface area contributed by atoms with Gasteiger partial charge in [0.25, 0.3) is 11.8 Å². The molecule has 0 aromatic heterocycles. The van der Waals surface area contributed by atoms with Crippen LogP contribution in [0.5, 0.6) is 0 Å². The van der Waals surface area contributed by atoms with E-state index in [-0.39, 0.29) is 11.8 Å². The number of imide groups is 1. The standard InChI is InChI=1S/C34H30N4O2/c1-35(2)24-11-15-26(16-12-24)37(27-17-13-25(14-18-27)36(3)4)28-19-21-29(22-20-28)38-33(39)30-9-5-7-23-8-6-10-31(32(23)30)34(38)40/h5-22H,1-4H3. The van der Waals surface area contributed by atoms with Crippen LogP contribution in [-0.4, -0.2) is 40.0 Å². The highest BCUT2D eigenvalue weighted by atomic mass is 16.2. The summed E-state index contributed by atoms with van der Waals surface area (Å²) in [6.45, 7) is 0. The van der Waals surface area contributed by atoms with Crippen LogP contribution in [0.2, 0.25) is 0 Å². The third kappa shape index (κ3) is 4.24. The van der Waals surface area contributed by atoms with E-state index in [9.17, 15) is 9.59 Å². The molecule has 0 atom stereocenters. The maximum absolute atomic E-state index is 13.5. The second-order valence-electron chi connectivity index (χ2n) is 10.3. The van der Waals surface area contributed by atoms with Crippen LogP contribution >= 0.6 is 0 Å². The van der Waals surface area contributed by atoms with Gasteiger partial charge in [-0.2, -0.15) is 0 Å². The summed E-state index contributed by atoms with van der Waals surface area (Å²) in [5, 5.41) is 1.62. The van der Waals surface area contributed by atoms with Crippen LogP contribution in [0.15, 0.2) is 109 Å². The van der Waals surface area contributed by atoms with Crippen LogP contribution in [0, 0.1) is 0 Å². The SMILES string of the molecule is CN(C)c1ccc(N(c2ccc(N(C)C)cc2)c2ccc(N3C(=O)c4cccc5cccc(c45)C3=O)cc2)cc1. The quantitative estimate of drug-likeness (QED) is 0.218. The van der Waals surface area contributed by atoms with Crippen LogP contribution in [0.1, 0.15) is 20.7 Å². The Balaban J connectivity index is 1.39. The molecule has 0 spiro atoms. The van der Waals surface area contributed by atoms with Gasteiger partial charge in [0.05, 0.1) is 5.69 Å². The van der Waals surface area contributed by atoms with Crippen molar-refractivity contribution in [1.29, 1.82) is 0 Å². The first kappa shape index (κ1) is 25.2. The molecule has 198 valence electrons. The molecular weight excluding hydrogens is 496 g/mol. The number of carbonyl (C=O) groups excluding carboxylic acids is 2. The second kappa shape index (κ2) is 9.89. The average Bonchev–Trinajstić information content (AvgIpc) is 2.97. The minimum Gasteiger partial charge on any atom is -0.378 e.